The van der Waals surface area contributed by atoms with Crippen LogP contribution in [0.5, 0.6) is 5.75 Å². The lowest BCUT2D eigenvalue weighted by molar-refractivity contribution is -0.140. The second kappa shape index (κ2) is 9.63. The van der Waals surface area contributed by atoms with Gasteiger partial charge in [0.15, 0.2) is 5.78 Å². The van der Waals surface area contributed by atoms with Crippen molar-refractivity contribution >= 4 is 35.1 Å². The number of aromatic hydroxyl groups is 1. The number of benzene rings is 3. The third kappa shape index (κ3) is 5.86. The Bertz CT molecular complexity index is 983. The van der Waals surface area contributed by atoms with E-state index in [0.29, 0.717) is 10.6 Å². The highest BCUT2D eigenvalue weighted by atomic mass is 35.5. The van der Waals surface area contributed by atoms with Crippen molar-refractivity contribution in [2.24, 2.45) is 5.92 Å². The standard InChI is InChI=1S/C23H19ClO4S/c24-19-7-5-16(6-8-19)15-1-3-17(4-2-15)22(26)13-18(23(27)28)14-29-21-11-9-20(25)10-12-21/h1-12,18,25H,13-14H2,(H,27,28)/t18-/m0/s1. The minimum Gasteiger partial charge on any atom is -0.508 e. The van der Waals surface area contributed by atoms with Gasteiger partial charge in [-0.25, -0.2) is 0 Å². The van der Waals surface area contributed by atoms with Gasteiger partial charge in [0.2, 0.25) is 0 Å². The molecular formula is C23H19ClO4S. The number of rotatable bonds is 8. The molecule has 0 aliphatic carbocycles. The molecule has 3 rings (SSSR count). The molecule has 3 aromatic carbocycles. The first kappa shape index (κ1) is 21.0. The second-order valence-electron chi connectivity index (χ2n) is 6.55. The van der Waals surface area contributed by atoms with E-state index < -0.39 is 11.9 Å². The molecule has 0 saturated heterocycles. The molecular weight excluding hydrogens is 408 g/mol. The zero-order valence-corrected chi connectivity index (χ0v) is 17.0. The van der Waals surface area contributed by atoms with Gasteiger partial charge in [0.1, 0.15) is 5.75 Å². The van der Waals surface area contributed by atoms with Crippen LogP contribution in [-0.4, -0.2) is 27.7 Å². The lowest BCUT2D eigenvalue weighted by Gasteiger charge is -2.12. The van der Waals surface area contributed by atoms with Crippen LogP contribution in [0, 0.1) is 5.92 Å². The molecule has 4 nitrogen and oxygen atoms in total. The van der Waals surface area contributed by atoms with Crippen molar-refractivity contribution in [3.8, 4) is 16.9 Å². The molecule has 0 amide bonds. The van der Waals surface area contributed by atoms with Gasteiger partial charge in [0.05, 0.1) is 5.92 Å². The Labute approximate surface area is 178 Å². The number of phenolic OH excluding ortho intramolecular Hbond substituents is 1. The molecule has 2 N–H and O–H groups in total. The first-order valence-corrected chi connectivity index (χ1v) is 10.3. The van der Waals surface area contributed by atoms with Gasteiger partial charge in [-0.2, -0.15) is 0 Å². The summed E-state index contributed by atoms with van der Waals surface area (Å²) in [6.07, 6.45) is -0.0687. The Morgan fingerprint density at radius 1 is 0.862 bits per heavy atom. The summed E-state index contributed by atoms with van der Waals surface area (Å²) in [7, 11) is 0. The van der Waals surface area contributed by atoms with Crippen LogP contribution in [0.3, 0.4) is 0 Å². The zero-order chi connectivity index (χ0) is 20.8. The maximum Gasteiger partial charge on any atom is 0.307 e. The van der Waals surface area contributed by atoms with E-state index in [0.717, 1.165) is 16.0 Å². The van der Waals surface area contributed by atoms with E-state index in [-0.39, 0.29) is 23.7 Å². The van der Waals surface area contributed by atoms with Crippen molar-refractivity contribution in [2.75, 3.05) is 5.75 Å². The predicted octanol–water partition coefficient (Wildman–Crippen LogP) is 5.78. The SMILES string of the molecule is O=C(C[C@@H](CSc1ccc(O)cc1)C(=O)O)c1ccc(-c2ccc(Cl)cc2)cc1. The van der Waals surface area contributed by atoms with Gasteiger partial charge >= 0.3 is 5.97 Å². The monoisotopic (exact) mass is 426 g/mol. The highest BCUT2D eigenvalue weighted by molar-refractivity contribution is 7.99. The van der Waals surface area contributed by atoms with Crippen LogP contribution >= 0.6 is 23.4 Å². The summed E-state index contributed by atoms with van der Waals surface area (Å²) < 4.78 is 0. The number of Topliss-reactive ketones (excluding diaryl/α,β-unsaturated/α-hetero) is 1. The van der Waals surface area contributed by atoms with Crippen LogP contribution in [0.1, 0.15) is 16.8 Å². The molecule has 0 radical (unpaired) electrons. The molecule has 0 aliphatic heterocycles. The predicted molar refractivity (Wildman–Crippen MR) is 116 cm³/mol. The Kier molecular flexibility index (Phi) is 6.96. The van der Waals surface area contributed by atoms with Crippen molar-refractivity contribution in [2.45, 2.75) is 11.3 Å². The van der Waals surface area contributed by atoms with E-state index in [1.54, 1.807) is 48.5 Å². The number of hydrogen-bond donors (Lipinski definition) is 2. The minimum atomic E-state index is -0.998. The Morgan fingerprint density at radius 3 is 1.97 bits per heavy atom. The quantitative estimate of drug-likeness (QED) is 0.353. The third-order valence-electron chi connectivity index (χ3n) is 4.45. The first-order chi connectivity index (χ1) is 13.9. The summed E-state index contributed by atoms with van der Waals surface area (Å²) in [6, 6.07) is 21.1. The molecule has 0 bridgehead atoms. The molecule has 148 valence electrons. The fraction of sp³-hybridized carbons (Fsp3) is 0.130. The first-order valence-electron chi connectivity index (χ1n) is 8.96. The van der Waals surface area contributed by atoms with Gasteiger partial charge in [-0.15, -0.1) is 11.8 Å². The molecule has 0 aromatic heterocycles. The van der Waals surface area contributed by atoms with Crippen LogP contribution in [0.25, 0.3) is 11.1 Å². The van der Waals surface area contributed by atoms with Crippen molar-refractivity contribution in [1.29, 1.82) is 0 Å². The number of carbonyl (C=O) groups is 2. The molecule has 0 aliphatic rings. The van der Waals surface area contributed by atoms with Crippen molar-refractivity contribution in [3.63, 3.8) is 0 Å². The van der Waals surface area contributed by atoms with E-state index in [1.165, 1.54) is 11.8 Å². The normalized spacial score (nSPS) is 11.8. The number of hydrogen-bond acceptors (Lipinski definition) is 4. The maximum absolute atomic E-state index is 12.6. The fourth-order valence-electron chi connectivity index (χ4n) is 2.79. The molecule has 3 aromatic rings. The molecule has 29 heavy (non-hydrogen) atoms. The Balaban J connectivity index is 1.63. The molecule has 0 saturated carbocycles. The molecule has 0 heterocycles. The molecule has 0 unspecified atom stereocenters. The van der Waals surface area contributed by atoms with Gasteiger partial charge < -0.3 is 10.2 Å². The summed E-state index contributed by atoms with van der Waals surface area (Å²) in [4.78, 5) is 25.0. The van der Waals surface area contributed by atoms with Crippen molar-refractivity contribution in [1.82, 2.24) is 0 Å². The second-order valence-corrected chi connectivity index (χ2v) is 8.08. The number of thioether (sulfide) groups is 1. The highest BCUT2D eigenvalue weighted by Gasteiger charge is 2.22. The number of carbonyl (C=O) groups excluding carboxylic acids is 1. The van der Waals surface area contributed by atoms with Crippen LogP contribution in [0.2, 0.25) is 5.02 Å². The van der Waals surface area contributed by atoms with Crippen LogP contribution in [0.4, 0.5) is 0 Å². The smallest absolute Gasteiger partial charge is 0.307 e. The lowest BCUT2D eigenvalue weighted by atomic mass is 9.97. The Morgan fingerprint density at radius 2 is 1.41 bits per heavy atom. The van der Waals surface area contributed by atoms with Gasteiger partial charge in [-0.3, -0.25) is 9.59 Å². The minimum absolute atomic E-state index is 0.0687. The number of carboxylic acids is 1. The summed E-state index contributed by atoms with van der Waals surface area (Å²) in [5, 5.41) is 19.5. The molecule has 1 atom stereocenters. The average molecular weight is 427 g/mol. The van der Waals surface area contributed by atoms with E-state index in [4.69, 9.17) is 11.6 Å². The summed E-state index contributed by atoms with van der Waals surface area (Å²) in [5.41, 5.74) is 2.43. The van der Waals surface area contributed by atoms with E-state index in [2.05, 4.69) is 0 Å². The highest BCUT2D eigenvalue weighted by Crippen LogP contribution is 2.26. The fourth-order valence-corrected chi connectivity index (χ4v) is 3.90. The average Bonchev–Trinajstić information content (AvgIpc) is 2.72. The zero-order valence-electron chi connectivity index (χ0n) is 15.4. The summed E-state index contributed by atoms with van der Waals surface area (Å²) in [5.74, 6) is -1.57. The van der Waals surface area contributed by atoms with Crippen LogP contribution in [0.15, 0.2) is 77.7 Å². The van der Waals surface area contributed by atoms with E-state index in [9.17, 15) is 19.8 Å². The van der Waals surface area contributed by atoms with E-state index in [1.807, 2.05) is 24.3 Å². The summed E-state index contributed by atoms with van der Waals surface area (Å²) >= 11 is 7.25. The van der Waals surface area contributed by atoms with Crippen LogP contribution in [-0.2, 0) is 4.79 Å². The topological polar surface area (TPSA) is 74.6 Å². The van der Waals surface area contributed by atoms with Gasteiger partial charge in [0, 0.05) is 27.7 Å². The van der Waals surface area contributed by atoms with Crippen LogP contribution < -0.4 is 0 Å². The Hall–Kier alpha value is -2.76. The van der Waals surface area contributed by atoms with Crippen molar-refractivity contribution in [3.05, 3.63) is 83.4 Å². The third-order valence-corrected chi connectivity index (χ3v) is 5.88. The summed E-state index contributed by atoms with van der Waals surface area (Å²) in [6.45, 7) is 0. The number of phenols is 1. The molecule has 0 spiro atoms. The molecule has 0 fully saturated rings. The van der Waals surface area contributed by atoms with Crippen molar-refractivity contribution < 1.29 is 19.8 Å². The number of aliphatic carboxylic acids is 1. The number of halogens is 1. The number of ketones is 1. The largest absolute Gasteiger partial charge is 0.508 e. The lowest BCUT2D eigenvalue weighted by Crippen LogP contribution is -2.20. The molecule has 6 heteroatoms. The maximum atomic E-state index is 12.6. The van der Waals surface area contributed by atoms with E-state index >= 15 is 0 Å². The van der Waals surface area contributed by atoms with Gasteiger partial charge in [-0.1, -0.05) is 48.0 Å². The van der Waals surface area contributed by atoms with Gasteiger partial charge in [0.25, 0.3) is 0 Å². The number of carboxylic acid groups (broad SMARTS) is 1. The van der Waals surface area contributed by atoms with Gasteiger partial charge in [-0.05, 0) is 47.5 Å².